The first-order valence-corrected chi connectivity index (χ1v) is 7.79. The van der Waals surface area contributed by atoms with Crippen LogP contribution in [0.3, 0.4) is 0 Å². The molecular formula is C15H30N2O. The molecule has 3 unspecified atom stereocenters. The van der Waals surface area contributed by atoms with Crippen molar-refractivity contribution >= 4 is 0 Å². The van der Waals surface area contributed by atoms with Crippen LogP contribution in [0, 0.1) is 5.92 Å². The van der Waals surface area contributed by atoms with Gasteiger partial charge in [0.1, 0.15) is 0 Å². The largest absolute Gasteiger partial charge is 0.389 e. The second kappa shape index (κ2) is 6.36. The highest BCUT2D eigenvalue weighted by Crippen LogP contribution is 2.28. The molecular weight excluding hydrogens is 224 g/mol. The Kier molecular flexibility index (Phi) is 5.05. The first kappa shape index (κ1) is 14.3. The van der Waals surface area contributed by atoms with E-state index in [1.165, 1.54) is 38.8 Å². The average molecular weight is 254 g/mol. The van der Waals surface area contributed by atoms with Gasteiger partial charge in [-0.2, -0.15) is 0 Å². The van der Waals surface area contributed by atoms with E-state index in [2.05, 4.69) is 17.1 Å². The summed E-state index contributed by atoms with van der Waals surface area (Å²) < 4.78 is 0. The van der Waals surface area contributed by atoms with Crippen molar-refractivity contribution in [2.75, 3.05) is 26.2 Å². The molecule has 1 aliphatic carbocycles. The molecule has 2 aliphatic rings. The zero-order chi connectivity index (χ0) is 13.0. The summed E-state index contributed by atoms with van der Waals surface area (Å²) in [6.45, 7) is 8.49. The Bertz CT molecular complexity index is 253. The minimum atomic E-state index is -0.458. The molecule has 0 bridgehead atoms. The van der Waals surface area contributed by atoms with E-state index >= 15 is 0 Å². The maximum absolute atomic E-state index is 10.2. The van der Waals surface area contributed by atoms with E-state index < -0.39 is 5.60 Å². The van der Waals surface area contributed by atoms with Crippen molar-refractivity contribution in [1.29, 1.82) is 0 Å². The second-order valence-corrected chi connectivity index (χ2v) is 6.54. The van der Waals surface area contributed by atoms with Crippen molar-refractivity contribution in [3.8, 4) is 0 Å². The summed E-state index contributed by atoms with van der Waals surface area (Å²) in [5.41, 5.74) is -0.458. The molecule has 0 aromatic carbocycles. The fourth-order valence-corrected chi connectivity index (χ4v) is 3.77. The Morgan fingerprint density at radius 3 is 2.78 bits per heavy atom. The van der Waals surface area contributed by atoms with Gasteiger partial charge in [0.2, 0.25) is 0 Å². The first-order valence-electron chi connectivity index (χ1n) is 7.79. The van der Waals surface area contributed by atoms with E-state index in [4.69, 9.17) is 0 Å². The Hall–Kier alpha value is -0.120. The fourth-order valence-electron chi connectivity index (χ4n) is 3.77. The van der Waals surface area contributed by atoms with Crippen molar-refractivity contribution in [2.24, 2.45) is 5.92 Å². The highest BCUT2D eigenvalue weighted by molar-refractivity contribution is 4.87. The van der Waals surface area contributed by atoms with Gasteiger partial charge in [0, 0.05) is 19.1 Å². The van der Waals surface area contributed by atoms with Crippen LogP contribution in [0.15, 0.2) is 0 Å². The minimum absolute atomic E-state index is 0.458. The number of hydrogen-bond acceptors (Lipinski definition) is 3. The number of aliphatic hydroxyl groups is 1. The molecule has 106 valence electrons. The van der Waals surface area contributed by atoms with Crippen molar-refractivity contribution < 1.29 is 5.11 Å². The zero-order valence-corrected chi connectivity index (χ0v) is 12.1. The maximum Gasteiger partial charge on any atom is 0.0746 e. The third kappa shape index (κ3) is 3.94. The van der Waals surface area contributed by atoms with Crippen LogP contribution in [0.5, 0.6) is 0 Å². The minimum Gasteiger partial charge on any atom is -0.389 e. The summed E-state index contributed by atoms with van der Waals surface area (Å²) in [6, 6.07) is 0.704. The van der Waals surface area contributed by atoms with Crippen molar-refractivity contribution in [3.05, 3.63) is 0 Å². The third-order valence-electron chi connectivity index (χ3n) is 4.62. The SMILES string of the molecule is CCNC1CCCCC1CN1CCCC(C)(O)C1. The zero-order valence-electron chi connectivity index (χ0n) is 12.1. The molecule has 1 heterocycles. The summed E-state index contributed by atoms with van der Waals surface area (Å²) in [6.07, 6.45) is 7.57. The van der Waals surface area contributed by atoms with Crippen LogP contribution < -0.4 is 5.32 Å². The topological polar surface area (TPSA) is 35.5 Å². The van der Waals surface area contributed by atoms with Crippen LogP contribution >= 0.6 is 0 Å². The number of piperidine rings is 1. The summed E-state index contributed by atoms with van der Waals surface area (Å²) in [5, 5.41) is 13.8. The lowest BCUT2D eigenvalue weighted by Crippen LogP contribution is -2.50. The highest BCUT2D eigenvalue weighted by atomic mass is 16.3. The fraction of sp³-hybridized carbons (Fsp3) is 1.00. The molecule has 0 amide bonds. The summed E-state index contributed by atoms with van der Waals surface area (Å²) in [7, 11) is 0. The van der Waals surface area contributed by atoms with Gasteiger partial charge in [-0.05, 0) is 51.6 Å². The van der Waals surface area contributed by atoms with Gasteiger partial charge in [-0.1, -0.05) is 19.8 Å². The third-order valence-corrected chi connectivity index (χ3v) is 4.62. The lowest BCUT2D eigenvalue weighted by atomic mass is 9.83. The van der Waals surface area contributed by atoms with Gasteiger partial charge < -0.3 is 15.3 Å². The number of β-amino-alcohol motifs (C(OH)–C–C–N with tert-alkyl or cyclic N) is 1. The molecule has 3 atom stereocenters. The van der Waals surface area contributed by atoms with Gasteiger partial charge in [-0.25, -0.2) is 0 Å². The van der Waals surface area contributed by atoms with Gasteiger partial charge in [-0.15, -0.1) is 0 Å². The molecule has 3 heteroatoms. The molecule has 18 heavy (non-hydrogen) atoms. The Morgan fingerprint density at radius 1 is 1.28 bits per heavy atom. The molecule has 0 aromatic rings. The van der Waals surface area contributed by atoms with E-state index in [0.29, 0.717) is 6.04 Å². The standard InChI is InChI=1S/C15H30N2O/c1-3-16-14-8-5-4-7-13(14)11-17-10-6-9-15(2,18)12-17/h13-14,16,18H,3-12H2,1-2H3. The van der Waals surface area contributed by atoms with E-state index in [0.717, 1.165) is 31.8 Å². The first-order chi connectivity index (χ1) is 8.61. The lowest BCUT2D eigenvalue weighted by molar-refractivity contribution is -0.0231. The van der Waals surface area contributed by atoms with E-state index in [1.807, 2.05) is 6.92 Å². The average Bonchev–Trinajstić information content (AvgIpc) is 2.31. The van der Waals surface area contributed by atoms with Crippen molar-refractivity contribution in [2.45, 2.75) is 64.0 Å². The molecule has 0 aromatic heterocycles. The molecule has 2 rings (SSSR count). The Morgan fingerprint density at radius 2 is 2.06 bits per heavy atom. The number of rotatable bonds is 4. The molecule has 1 aliphatic heterocycles. The number of nitrogens with one attached hydrogen (secondary N) is 1. The van der Waals surface area contributed by atoms with E-state index in [9.17, 15) is 5.11 Å². The van der Waals surface area contributed by atoms with Crippen LogP contribution in [0.2, 0.25) is 0 Å². The summed E-state index contributed by atoms with van der Waals surface area (Å²) in [4.78, 5) is 2.49. The second-order valence-electron chi connectivity index (χ2n) is 6.54. The molecule has 3 nitrogen and oxygen atoms in total. The lowest BCUT2D eigenvalue weighted by Gasteiger charge is -2.41. The van der Waals surface area contributed by atoms with Crippen LogP contribution in [0.1, 0.15) is 52.4 Å². The van der Waals surface area contributed by atoms with Gasteiger partial charge in [0.05, 0.1) is 5.60 Å². The molecule has 0 spiro atoms. The Balaban J connectivity index is 1.86. The highest BCUT2D eigenvalue weighted by Gasteiger charge is 2.32. The van der Waals surface area contributed by atoms with Crippen LogP contribution in [0.4, 0.5) is 0 Å². The normalized spacial score (nSPS) is 38.8. The molecule has 0 radical (unpaired) electrons. The van der Waals surface area contributed by atoms with E-state index in [1.54, 1.807) is 0 Å². The van der Waals surface area contributed by atoms with Crippen LogP contribution in [0.25, 0.3) is 0 Å². The van der Waals surface area contributed by atoms with E-state index in [-0.39, 0.29) is 0 Å². The van der Waals surface area contributed by atoms with Crippen molar-refractivity contribution in [3.63, 3.8) is 0 Å². The monoisotopic (exact) mass is 254 g/mol. The van der Waals surface area contributed by atoms with Gasteiger partial charge in [-0.3, -0.25) is 0 Å². The smallest absolute Gasteiger partial charge is 0.0746 e. The van der Waals surface area contributed by atoms with Gasteiger partial charge >= 0.3 is 0 Å². The number of hydrogen-bond donors (Lipinski definition) is 2. The molecule has 1 saturated carbocycles. The summed E-state index contributed by atoms with van der Waals surface area (Å²) >= 11 is 0. The predicted octanol–water partition coefficient (Wildman–Crippen LogP) is 2.00. The van der Waals surface area contributed by atoms with Gasteiger partial charge in [0.25, 0.3) is 0 Å². The number of likely N-dealkylation sites (tertiary alicyclic amines) is 1. The molecule has 2 N–H and O–H groups in total. The predicted molar refractivity (Wildman–Crippen MR) is 75.7 cm³/mol. The quantitative estimate of drug-likeness (QED) is 0.805. The number of nitrogens with zero attached hydrogens (tertiary/aromatic N) is 1. The molecule has 1 saturated heterocycles. The Labute approximate surface area is 112 Å². The van der Waals surface area contributed by atoms with Crippen molar-refractivity contribution in [1.82, 2.24) is 10.2 Å². The summed E-state index contributed by atoms with van der Waals surface area (Å²) in [5.74, 6) is 0.785. The maximum atomic E-state index is 10.2. The van der Waals surface area contributed by atoms with Crippen LogP contribution in [-0.2, 0) is 0 Å². The van der Waals surface area contributed by atoms with Gasteiger partial charge in [0.15, 0.2) is 0 Å². The molecule has 2 fully saturated rings. The van der Waals surface area contributed by atoms with Crippen LogP contribution in [-0.4, -0.2) is 47.8 Å².